The van der Waals surface area contributed by atoms with Gasteiger partial charge < -0.3 is 24.2 Å². The number of benzene rings is 2. The summed E-state index contributed by atoms with van der Waals surface area (Å²) in [6.07, 6.45) is 1.60. The normalized spacial score (nSPS) is 22.2. The van der Waals surface area contributed by atoms with Crippen molar-refractivity contribution in [3.05, 3.63) is 65.2 Å². The molecule has 2 heterocycles. The van der Waals surface area contributed by atoms with Gasteiger partial charge in [-0.3, -0.25) is 9.59 Å². The molecule has 0 aromatic heterocycles. The Labute approximate surface area is 193 Å². The van der Waals surface area contributed by atoms with Crippen molar-refractivity contribution in [3.63, 3.8) is 0 Å². The molecule has 33 heavy (non-hydrogen) atoms. The summed E-state index contributed by atoms with van der Waals surface area (Å²) in [4.78, 5) is 27.8. The van der Waals surface area contributed by atoms with Crippen LogP contribution in [0.2, 0.25) is 0 Å². The van der Waals surface area contributed by atoms with Crippen LogP contribution in [0.15, 0.2) is 54.1 Å². The number of carbonyl (C=O) groups excluding carboxylic acids is 2. The number of aliphatic hydroxyl groups excluding tert-OH is 1. The molecule has 4 rings (SSSR count). The number of ketones is 1. The largest absolute Gasteiger partial charge is 0.507 e. The number of hydrogen-bond donors (Lipinski definition) is 1. The van der Waals surface area contributed by atoms with Crippen molar-refractivity contribution in [3.8, 4) is 11.5 Å². The summed E-state index contributed by atoms with van der Waals surface area (Å²) in [6.45, 7) is 4.76. The lowest BCUT2D eigenvalue weighted by Crippen LogP contribution is -2.36. The maximum Gasteiger partial charge on any atom is 0.295 e. The van der Waals surface area contributed by atoms with Crippen LogP contribution in [0, 0.1) is 0 Å². The molecule has 0 bridgehead atoms. The number of amides is 1. The third-order valence-corrected chi connectivity index (χ3v) is 5.90. The molecule has 0 saturated carbocycles. The van der Waals surface area contributed by atoms with E-state index in [-0.39, 0.29) is 30.1 Å². The van der Waals surface area contributed by atoms with Gasteiger partial charge in [-0.2, -0.15) is 0 Å². The second-order valence-electron chi connectivity index (χ2n) is 8.52. The van der Waals surface area contributed by atoms with Gasteiger partial charge in [0.15, 0.2) is 0 Å². The van der Waals surface area contributed by atoms with Crippen LogP contribution < -0.4 is 9.47 Å². The highest BCUT2D eigenvalue weighted by Gasteiger charge is 2.47. The van der Waals surface area contributed by atoms with Gasteiger partial charge in [-0.15, -0.1) is 0 Å². The third-order valence-electron chi connectivity index (χ3n) is 5.90. The van der Waals surface area contributed by atoms with Crippen molar-refractivity contribution in [2.24, 2.45) is 0 Å². The number of hydrogen-bond acceptors (Lipinski definition) is 6. The summed E-state index contributed by atoms with van der Waals surface area (Å²) in [6, 6.07) is 13.3. The van der Waals surface area contributed by atoms with E-state index in [0.717, 1.165) is 12.8 Å². The van der Waals surface area contributed by atoms with Crippen LogP contribution >= 0.6 is 0 Å². The second-order valence-corrected chi connectivity index (χ2v) is 8.52. The number of para-hydroxylation sites is 1. The molecule has 2 unspecified atom stereocenters. The summed E-state index contributed by atoms with van der Waals surface area (Å²) in [5.74, 6) is -0.406. The summed E-state index contributed by atoms with van der Waals surface area (Å²) < 4.78 is 16.9. The van der Waals surface area contributed by atoms with Gasteiger partial charge in [0.1, 0.15) is 17.3 Å². The maximum absolute atomic E-state index is 13.2. The molecular formula is C26H29NO6. The Morgan fingerprint density at radius 3 is 2.52 bits per heavy atom. The first-order valence-electron chi connectivity index (χ1n) is 11.2. The fraction of sp³-hybridized carbons (Fsp3) is 0.385. The number of carbonyl (C=O) groups is 2. The monoisotopic (exact) mass is 451 g/mol. The number of rotatable bonds is 7. The molecule has 2 aromatic carbocycles. The zero-order chi connectivity index (χ0) is 23.5. The minimum atomic E-state index is -0.781. The summed E-state index contributed by atoms with van der Waals surface area (Å²) in [5.41, 5.74) is 1.11. The van der Waals surface area contributed by atoms with Crippen LogP contribution in [0.3, 0.4) is 0 Å². The molecule has 7 nitrogen and oxygen atoms in total. The van der Waals surface area contributed by atoms with Gasteiger partial charge in [0.25, 0.3) is 11.7 Å². The molecular weight excluding hydrogens is 422 g/mol. The molecule has 7 heteroatoms. The van der Waals surface area contributed by atoms with Gasteiger partial charge in [-0.25, -0.2) is 0 Å². The molecule has 0 aliphatic carbocycles. The predicted molar refractivity (Wildman–Crippen MR) is 123 cm³/mol. The smallest absolute Gasteiger partial charge is 0.295 e. The number of aliphatic hydroxyl groups is 1. The zero-order valence-corrected chi connectivity index (χ0v) is 19.1. The first-order chi connectivity index (χ1) is 15.9. The standard InChI is InChI=1S/C26H29NO6/c1-16(2)33-18-12-10-17(11-13-18)24(28)22-23(20-8-4-5-9-21(20)31-3)27(26(30)25(22)29)15-19-7-6-14-32-19/h4-5,8-13,16,19,23,28H,6-7,14-15H2,1-3H3/b24-22-. The van der Waals surface area contributed by atoms with Gasteiger partial charge in [0.05, 0.1) is 30.9 Å². The Kier molecular flexibility index (Phi) is 6.70. The quantitative estimate of drug-likeness (QED) is 0.388. The van der Waals surface area contributed by atoms with Crippen LogP contribution in [0.5, 0.6) is 11.5 Å². The van der Waals surface area contributed by atoms with Crippen molar-refractivity contribution in [2.45, 2.75) is 44.9 Å². The lowest BCUT2D eigenvalue weighted by molar-refractivity contribution is -0.140. The van der Waals surface area contributed by atoms with Crippen molar-refractivity contribution >= 4 is 17.4 Å². The average Bonchev–Trinajstić information content (AvgIpc) is 3.41. The number of nitrogens with zero attached hydrogens (tertiary/aromatic N) is 1. The van der Waals surface area contributed by atoms with Crippen LogP contribution in [0.25, 0.3) is 5.76 Å². The van der Waals surface area contributed by atoms with E-state index in [1.54, 1.807) is 37.4 Å². The predicted octanol–water partition coefficient (Wildman–Crippen LogP) is 4.08. The highest BCUT2D eigenvalue weighted by molar-refractivity contribution is 6.46. The van der Waals surface area contributed by atoms with Crippen LogP contribution in [-0.2, 0) is 14.3 Å². The molecule has 2 aliphatic heterocycles. The molecule has 1 N–H and O–H groups in total. The van der Waals surface area contributed by atoms with E-state index >= 15 is 0 Å². The van der Waals surface area contributed by atoms with Crippen LogP contribution in [0.1, 0.15) is 43.9 Å². The number of methoxy groups -OCH3 is 1. The van der Waals surface area contributed by atoms with E-state index in [9.17, 15) is 14.7 Å². The summed E-state index contributed by atoms with van der Waals surface area (Å²) in [5, 5.41) is 11.2. The molecule has 2 atom stereocenters. The fourth-order valence-electron chi connectivity index (χ4n) is 4.41. The van der Waals surface area contributed by atoms with E-state index in [2.05, 4.69) is 0 Å². The van der Waals surface area contributed by atoms with Crippen molar-refractivity contribution in [1.29, 1.82) is 0 Å². The van der Waals surface area contributed by atoms with Crippen molar-refractivity contribution < 1.29 is 28.9 Å². The highest BCUT2D eigenvalue weighted by atomic mass is 16.5. The highest BCUT2D eigenvalue weighted by Crippen LogP contribution is 2.43. The first-order valence-corrected chi connectivity index (χ1v) is 11.2. The van der Waals surface area contributed by atoms with E-state index in [4.69, 9.17) is 14.2 Å². The van der Waals surface area contributed by atoms with E-state index < -0.39 is 17.7 Å². The summed E-state index contributed by atoms with van der Waals surface area (Å²) in [7, 11) is 1.54. The number of ether oxygens (including phenoxy) is 3. The Morgan fingerprint density at radius 1 is 1.15 bits per heavy atom. The molecule has 1 amide bonds. The maximum atomic E-state index is 13.2. The molecule has 2 aromatic rings. The molecule has 2 aliphatic rings. The van der Waals surface area contributed by atoms with E-state index in [1.807, 2.05) is 32.0 Å². The van der Waals surface area contributed by atoms with E-state index in [0.29, 0.717) is 29.2 Å². The Hall–Kier alpha value is -3.32. The lowest BCUT2D eigenvalue weighted by Gasteiger charge is -2.28. The second kappa shape index (κ2) is 9.67. The van der Waals surface area contributed by atoms with Gasteiger partial charge in [0, 0.05) is 24.3 Å². The third kappa shape index (κ3) is 4.59. The first kappa shape index (κ1) is 22.9. The fourth-order valence-corrected chi connectivity index (χ4v) is 4.41. The number of likely N-dealkylation sites (tertiary alicyclic amines) is 1. The Morgan fingerprint density at radius 2 is 1.88 bits per heavy atom. The molecule has 174 valence electrons. The molecule has 2 fully saturated rings. The Balaban J connectivity index is 1.79. The SMILES string of the molecule is COc1ccccc1C1/C(=C(/O)c2ccc(OC(C)C)cc2)C(=O)C(=O)N1CC1CCCO1. The zero-order valence-electron chi connectivity index (χ0n) is 19.1. The van der Waals surface area contributed by atoms with Crippen LogP contribution in [0.4, 0.5) is 0 Å². The summed E-state index contributed by atoms with van der Waals surface area (Å²) >= 11 is 0. The van der Waals surface area contributed by atoms with Crippen molar-refractivity contribution in [1.82, 2.24) is 4.90 Å². The average molecular weight is 452 g/mol. The van der Waals surface area contributed by atoms with Crippen LogP contribution in [-0.4, -0.2) is 54.2 Å². The van der Waals surface area contributed by atoms with E-state index in [1.165, 1.54) is 4.90 Å². The van der Waals surface area contributed by atoms with Gasteiger partial charge in [-0.05, 0) is 57.0 Å². The lowest BCUT2D eigenvalue weighted by atomic mass is 9.94. The minimum absolute atomic E-state index is 0.0122. The van der Waals surface area contributed by atoms with Gasteiger partial charge in [-0.1, -0.05) is 18.2 Å². The molecule has 0 radical (unpaired) electrons. The van der Waals surface area contributed by atoms with Gasteiger partial charge in [0.2, 0.25) is 0 Å². The topological polar surface area (TPSA) is 85.3 Å². The van der Waals surface area contributed by atoms with Gasteiger partial charge >= 0.3 is 0 Å². The minimum Gasteiger partial charge on any atom is -0.507 e. The van der Waals surface area contributed by atoms with Crippen molar-refractivity contribution in [2.75, 3.05) is 20.3 Å². The Bertz CT molecular complexity index is 1050. The molecule has 0 spiro atoms. The molecule has 2 saturated heterocycles. The number of Topliss-reactive ketones (excluding diaryl/α,β-unsaturated/α-hetero) is 1.